The Morgan fingerprint density at radius 1 is 1.73 bits per heavy atom. The van der Waals surface area contributed by atoms with Crippen molar-refractivity contribution in [3.8, 4) is 0 Å². The highest BCUT2D eigenvalue weighted by Gasteiger charge is 2.19. The van der Waals surface area contributed by atoms with Crippen LogP contribution in [0, 0.1) is 5.92 Å². The average Bonchev–Trinajstić information content (AvgIpc) is 2.04. The van der Waals surface area contributed by atoms with Crippen molar-refractivity contribution >= 4 is 5.78 Å². The summed E-state index contributed by atoms with van der Waals surface area (Å²) < 4.78 is 0. The van der Waals surface area contributed by atoms with Crippen molar-refractivity contribution in [1.29, 1.82) is 0 Å². The van der Waals surface area contributed by atoms with Crippen LogP contribution in [0.4, 0.5) is 0 Å². The minimum atomic E-state index is 0.258. The van der Waals surface area contributed by atoms with E-state index in [-0.39, 0.29) is 5.92 Å². The zero-order chi connectivity index (χ0) is 8.27. The van der Waals surface area contributed by atoms with Gasteiger partial charge in [-0.25, -0.2) is 0 Å². The molecule has 0 fully saturated rings. The minimum absolute atomic E-state index is 0.258. The summed E-state index contributed by atoms with van der Waals surface area (Å²) in [6.45, 7) is 3.84. The van der Waals surface area contributed by atoms with Gasteiger partial charge in [0.05, 0.1) is 0 Å². The second-order valence-electron chi connectivity index (χ2n) is 3.23. The topological polar surface area (TPSA) is 17.1 Å². The van der Waals surface area contributed by atoms with Gasteiger partial charge in [0, 0.05) is 5.92 Å². The van der Waals surface area contributed by atoms with Crippen molar-refractivity contribution in [3.63, 3.8) is 0 Å². The van der Waals surface area contributed by atoms with Crippen LogP contribution in [0.1, 0.15) is 39.5 Å². The van der Waals surface area contributed by atoms with E-state index in [0.29, 0.717) is 5.78 Å². The third-order valence-electron chi connectivity index (χ3n) is 2.45. The molecule has 0 aromatic heterocycles. The fraction of sp³-hybridized carbons (Fsp3) is 0.700. The van der Waals surface area contributed by atoms with Crippen molar-refractivity contribution in [1.82, 2.24) is 0 Å². The third-order valence-corrected chi connectivity index (χ3v) is 2.45. The summed E-state index contributed by atoms with van der Waals surface area (Å²) in [5, 5.41) is 0. The van der Waals surface area contributed by atoms with Crippen molar-refractivity contribution < 1.29 is 4.79 Å². The molecule has 0 saturated heterocycles. The molecular weight excluding hydrogens is 136 g/mol. The van der Waals surface area contributed by atoms with Gasteiger partial charge < -0.3 is 0 Å². The highest BCUT2D eigenvalue weighted by molar-refractivity contribution is 5.81. The van der Waals surface area contributed by atoms with Gasteiger partial charge in [0.2, 0.25) is 0 Å². The Hall–Kier alpha value is -0.590. The summed E-state index contributed by atoms with van der Waals surface area (Å²) in [5.41, 5.74) is 1.36. The van der Waals surface area contributed by atoms with Gasteiger partial charge in [-0.2, -0.15) is 0 Å². The van der Waals surface area contributed by atoms with Crippen molar-refractivity contribution in [2.45, 2.75) is 39.5 Å². The van der Waals surface area contributed by atoms with Crippen LogP contribution in [0.15, 0.2) is 11.6 Å². The van der Waals surface area contributed by atoms with Crippen molar-refractivity contribution in [3.05, 3.63) is 11.6 Å². The molecule has 0 aliphatic heterocycles. The lowest BCUT2D eigenvalue weighted by Gasteiger charge is -2.20. The molecule has 0 aromatic rings. The standard InChI is InChI=1S/C10H16O/c1-3-9-6-4-5-7-10(9)8(2)11/h6,10H,3-5,7H2,1-2H3. The Morgan fingerprint density at radius 2 is 2.45 bits per heavy atom. The van der Waals surface area contributed by atoms with Crippen LogP contribution >= 0.6 is 0 Å². The molecule has 0 bridgehead atoms. The molecule has 11 heavy (non-hydrogen) atoms. The molecule has 1 aliphatic carbocycles. The monoisotopic (exact) mass is 152 g/mol. The van der Waals surface area contributed by atoms with Gasteiger partial charge in [-0.05, 0) is 32.6 Å². The molecule has 0 radical (unpaired) electrons. The Kier molecular flexibility index (Phi) is 2.86. The van der Waals surface area contributed by atoms with E-state index in [2.05, 4.69) is 13.0 Å². The first kappa shape index (κ1) is 8.51. The summed E-state index contributed by atoms with van der Waals surface area (Å²) in [7, 11) is 0. The number of rotatable bonds is 2. The van der Waals surface area contributed by atoms with E-state index >= 15 is 0 Å². The summed E-state index contributed by atoms with van der Waals surface area (Å²) >= 11 is 0. The van der Waals surface area contributed by atoms with Crippen LogP contribution < -0.4 is 0 Å². The second kappa shape index (κ2) is 3.70. The van der Waals surface area contributed by atoms with Gasteiger partial charge >= 0.3 is 0 Å². The first-order chi connectivity index (χ1) is 5.25. The van der Waals surface area contributed by atoms with E-state index in [1.165, 1.54) is 18.4 Å². The summed E-state index contributed by atoms with van der Waals surface area (Å²) in [6.07, 6.45) is 6.73. The van der Waals surface area contributed by atoms with E-state index < -0.39 is 0 Å². The van der Waals surface area contributed by atoms with Crippen LogP contribution in [-0.2, 0) is 4.79 Å². The average molecular weight is 152 g/mol. The lowest BCUT2D eigenvalue weighted by Crippen LogP contribution is -2.16. The highest BCUT2D eigenvalue weighted by atomic mass is 16.1. The number of hydrogen-bond acceptors (Lipinski definition) is 1. The first-order valence-electron chi connectivity index (χ1n) is 4.45. The summed E-state index contributed by atoms with van der Waals surface area (Å²) in [6, 6.07) is 0. The zero-order valence-electron chi connectivity index (χ0n) is 7.39. The maximum absolute atomic E-state index is 11.1. The van der Waals surface area contributed by atoms with Crippen LogP contribution in [0.5, 0.6) is 0 Å². The highest BCUT2D eigenvalue weighted by Crippen LogP contribution is 2.27. The smallest absolute Gasteiger partial charge is 0.136 e. The maximum Gasteiger partial charge on any atom is 0.136 e. The normalized spacial score (nSPS) is 24.5. The molecule has 1 aliphatic rings. The molecule has 1 atom stereocenters. The molecule has 0 N–H and O–H groups in total. The third kappa shape index (κ3) is 1.92. The molecular formula is C10H16O. The lowest BCUT2D eigenvalue weighted by atomic mass is 9.84. The second-order valence-corrected chi connectivity index (χ2v) is 3.23. The Bertz CT molecular complexity index is 179. The lowest BCUT2D eigenvalue weighted by molar-refractivity contribution is -0.120. The van der Waals surface area contributed by atoms with Gasteiger partial charge in [0.15, 0.2) is 0 Å². The number of ketones is 1. The van der Waals surface area contributed by atoms with Gasteiger partial charge in [0.1, 0.15) is 5.78 Å². The van der Waals surface area contributed by atoms with E-state index in [1.54, 1.807) is 6.92 Å². The fourth-order valence-corrected chi connectivity index (χ4v) is 1.79. The van der Waals surface area contributed by atoms with E-state index in [9.17, 15) is 4.79 Å². The Morgan fingerprint density at radius 3 is 2.91 bits per heavy atom. The molecule has 0 aromatic carbocycles. The molecule has 1 nitrogen and oxygen atoms in total. The van der Waals surface area contributed by atoms with Crippen molar-refractivity contribution in [2.75, 3.05) is 0 Å². The SMILES string of the molecule is CCC1=CCCCC1C(C)=O. The molecule has 1 rings (SSSR count). The number of carbonyl (C=O) groups is 1. The first-order valence-corrected chi connectivity index (χ1v) is 4.45. The van der Waals surface area contributed by atoms with E-state index in [0.717, 1.165) is 12.8 Å². The largest absolute Gasteiger partial charge is 0.299 e. The van der Waals surface area contributed by atoms with E-state index in [4.69, 9.17) is 0 Å². The number of allylic oxidation sites excluding steroid dienone is 2. The van der Waals surface area contributed by atoms with Crippen LogP contribution in [0.3, 0.4) is 0 Å². The quantitative estimate of drug-likeness (QED) is 0.556. The van der Waals surface area contributed by atoms with Gasteiger partial charge in [0.25, 0.3) is 0 Å². The van der Waals surface area contributed by atoms with Gasteiger partial charge in [-0.3, -0.25) is 4.79 Å². The molecule has 0 amide bonds. The summed E-state index contributed by atoms with van der Waals surface area (Å²) in [4.78, 5) is 11.1. The van der Waals surface area contributed by atoms with Gasteiger partial charge in [-0.15, -0.1) is 0 Å². The molecule has 0 saturated carbocycles. The minimum Gasteiger partial charge on any atom is -0.299 e. The van der Waals surface area contributed by atoms with Crippen LogP contribution in [-0.4, -0.2) is 5.78 Å². The fourth-order valence-electron chi connectivity index (χ4n) is 1.79. The molecule has 62 valence electrons. The molecule has 0 heterocycles. The predicted octanol–water partition coefficient (Wildman–Crippen LogP) is 2.71. The number of carbonyl (C=O) groups excluding carboxylic acids is 1. The molecule has 1 heteroatoms. The predicted molar refractivity (Wildman–Crippen MR) is 46.4 cm³/mol. The zero-order valence-corrected chi connectivity index (χ0v) is 7.39. The number of hydrogen-bond donors (Lipinski definition) is 0. The Balaban J connectivity index is 2.69. The number of Topliss-reactive ketones (excluding diaryl/α,β-unsaturated/α-hetero) is 1. The van der Waals surface area contributed by atoms with Gasteiger partial charge in [-0.1, -0.05) is 18.6 Å². The maximum atomic E-state index is 11.1. The van der Waals surface area contributed by atoms with Crippen molar-refractivity contribution in [2.24, 2.45) is 5.92 Å². The summed E-state index contributed by atoms with van der Waals surface area (Å²) in [5.74, 6) is 0.603. The molecule has 0 spiro atoms. The Labute approximate surface area is 68.5 Å². The van der Waals surface area contributed by atoms with Crippen LogP contribution in [0.2, 0.25) is 0 Å². The van der Waals surface area contributed by atoms with E-state index in [1.807, 2.05) is 0 Å². The molecule has 1 unspecified atom stereocenters. The van der Waals surface area contributed by atoms with Crippen LogP contribution in [0.25, 0.3) is 0 Å².